The zero-order chi connectivity index (χ0) is 17.1. The summed E-state index contributed by atoms with van der Waals surface area (Å²) in [6.45, 7) is 2.60. The van der Waals surface area contributed by atoms with Crippen molar-refractivity contribution in [1.29, 1.82) is 0 Å². The first kappa shape index (κ1) is 14.6. The Bertz CT molecular complexity index is 1000. The fraction of sp³-hybridized carbons (Fsp3) is 0.350. The molecular weight excluding hydrogens is 312 g/mol. The van der Waals surface area contributed by atoms with Crippen LogP contribution in [0.25, 0.3) is 22.0 Å². The molecule has 1 amide bonds. The monoisotopic (exact) mass is 332 g/mol. The summed E-state index contributed by atoms with van der Waals surface area (Å²) >= 11 is 0. The van der Waals surface area contributed by atoms with Crippen molar-refractivity contribution in [3.05, 3.63) is 48.2 Å². The van der Waals surface area contributed by atoms with Gasteiger partial charge >= 0.3 is 0 Å². The maximum absolute atomic E-state index is 12.5. The van der Waals surface area contributed by atoms with Gasteiger partial charge in [-0.15, -0.1) is 0 Å². The molecule has 0 spiro atoms. The summed E-state index contributed by atoms with van der Waals surface area (Å²) in [6.07, 6.45) is 6.05. The molecule has 1 atom stereocenters. The second-order valence-electron chi connectivity index (χ2n) is 7.22. The molecular formula is C20H20N4O. The number of nitrogens with zero attached hydrogens (tertiary/aromatic N) is 4. The lowest BCUT2D eigenvalue weighted by Gasteiger charge is -2.31. The third kappa shape index (κ3) is 2.18. The second-order valence-corrected chi connectivity index (χ2v) is 7.22. The highest BCUT2D eigenvalue weighted by Crippen LogP contribution is 2.44. The first-order valence-corrected chi connectivity index (χ1v) is 8.83. The van der Waals surface area contributed by atoms with E-state index in [0.717, 1.165) is 28.2 Å². The number of hydrogen-bond donors (Lipinski definition) is 0. The molecule has 3 aromatic rings. The maximum Gasteiger partial charge on any atom is 0.245 e. The van der Waals surface area contributed by atoms with E-state index in [1.54, 1.807) is 0 Å². The first-order chi connectivity index (χ1) is 12.1. The topological polar surface area (TPSA) is 51.0 Å². The number of pyridine rings is 1. The Kier molecular flexibility index (Phi) is 3.02. The molecule has 0 radical (unpaired) electrons. The van der Waals surface area contributed by atoms with Crippen LogP contribution in [0.2, 0.25) is 0 Å². The molecule has 2 aliphatic rings. The van der Waals surface area contributed by atoms with Crippen molar-refractivity contribution in [2.24, 2.45) is 0 Å². The van der Waals surface area contributed by atoms with E-state index in [0.29, 0.717) is 12.5 Å². The number of benzene rings is 1. The number of hydrogen-bond acceptors (Lipinski definition) is 3. The van der Waals surface area contributed by atoms with Gasteiger partial charge in [-0.25, -0.2) is 4.98 Å². The van der Waals surface area contributed by atoms with Crippen LogP contribution >= 0.6 is 0 Å². The third-order valence-corrected chi connectivity index (χ3v) is 5.40. The molecule has 0 saturated heterocycles. The zero-order valence-corrected chi connectivity index (χ0v) is 14.4. The van der Waals surface area contributed by atoms with Gasteiger partial charge in [-0.3, -0.25) is 9.78 Å². The molecule has 5 heteroatoms. The average molecular weight is 332 g/mol. The number of carbonyl (C=O) groups is 1. The summed E-state index contributed by atoms with van der Waals surface area (Å²) < 4.78 is 2.20. The molecule has 3 heterocycles. The Morgan fingerprint density at radius 3 is 2.80 bits per heavy atom. The van der Waals surface area contributed by atoms with Crippen LogP contribution in [-0.2, 0) is 11.3 Å². The van der Waals surface area contributed by atoms with Crippen LogP contribution in [0.5, 0.6) is 0 Å². The molecule has 1 fully saturated rings. The number of fused-ring (bicyclic) bond motifs is 2. The van der Waals surface area contributed by atoms with Crippen molar-refractivity contribution in [1.82, 2.24) is 19.4 Å². The number of likely N-dealkylation sites (N-methyl/N-ethyl adjacent to an activating group) is 1. The highest BCUT2D eigenvalue weighted by molar-refractivity contribution is 5.87. The molecule has 1 aliphatic carbocycles. The van der Waals surface area contributed by atoms with Gasteiger partial charge in [0.2, 0.25) is 5.91 Å². The Morgan fingerprint density at radius 2 is 2.00 bits per heavy atom. The minimum absolute atomic E-state index is 0.168. The predicted octanol–water partition coefficient (Wildman–Crippen LogP) is 3.51. The number of imidazole rings is 1. The fourth-order valence-corrected chi connectivity index (χ4v) is 3.89. The highest BCUT2D eigenvalue weighted by atomic mass is 16.2. The van der Waals surface area contributed by atoms with Gasteiger partial charge in [0.05, 0.1) is 17.9 Å². The zero-order valence-electron chi connectivity index (χ0n) is 14.4. The third-order valence-electron chi connectivity index (χ3n) is 5.40. The Balaban J connectivity index is 1.72. The summed E-state index contributed by atoms with van der Waals surface area (Å²) in [7, 11) is 1.88. The molecule has 1 aromatic carbocycles. The van der Waals surface area contributed by atoms with Crippen molar-refractivity contribution in [3.8, 4) is 11.3 Å². The summed E-state index contributed by atoms with van der Waals surface area (Å²) in [5.41, 5.74) is 3.27. The van der Waals surface area contributed by atoms with Crippen molar-refractivity contribution in [3.63, 3.8) is 0 Å². The van der Waals surface area contributed by atoms with Gasteiger partial charge in [0.1, 0.15) is 11.9 Å². The van der Waals surface area contributed by atoms with E-state index in [1.165, 1.54) is 18.2 Å². The van der Waals surface area contributed by atoms with Gasteiger partial charge < -0.3 is 9.47 Å². The van der Waals surface area contributed by atoms with E-state index in [-0.39, 0.29) is 11.9 Å². The summed E-state index contributed by atoms with van der Waals surface area (Å²) in [4.78, 5) is 23.5. The van der Waals surface area contributed by atoms with E-state index in [2.05, 4.69) is 27.8 Å². The van der Waals surface area contributed by atoms with Crippen molar-refractivity contribution < 1.29 is 4.79 Å². The molecule has 2 aromatic heterocycles. The molecule has 0 N–H and O–H groups in total. The van der Waals surface area contributed by atoms with Gasteiger partial charge in [-0.1, -0.05) is 12.1 Å². The number of carbonyl (C=O) groups excluding carboxylic acids is 1. The van der Waals surface area contributed by atoms with Crippen LogP contribution in [-0.4, -0.2) is 32.4 Å². The van der Waals surface area contributed by atoms with Gasteiger partial charge in [0, 0.05) is 36.3 Å². The summed E-state index contributed by atoms with van der Waals surface area (Å²) in [5.74, 6) is 1.76. The van der Waals surface area contributed by atoms with Crippen molar-refractivity contribution in [2.45, 2.75) is 38.3 Å². The normalized spacial score (nSPS) is 20.2. The Labute approximate surface area is 146 Å². The largest absolute Gasteiger partial charge is 0.338 e. The molecule has 5 nitrogen and oxygen atoms in total. The van der Waals surface area contributed by atoms with Crippen LogP contribution in [0.4, 0.5) is 0 Å². The number of aromatic nitrogens is 3. The molecule has 5 rings (SSSR count). The lowest BCUT2D eigenvalue weighted by molar-refractivity contribution is -0.135. The minimum Gasteiger partial charge on any atom is -0.338 e. The average Bonchev–Trinajstić information content (AvgIpc) is 3.41. The van der Waals surface area contributed by atoms with E-state index in [1.807, 2.05) is 37.3 Å². The Morgan fingerprint density at radius 1 is 1.16 bits per heavy atom. The van der Waals surface area contributed by atoms with E-state index >= 15 is 0 Å². The molecule has 0 unspecified atom stereocenters. The maximum atomic E-state index is 12.5. The van der Waals surface area contributed by atoms with Crippen molar-refractivity contribution >= 4 is 16.7 Å². The molecule has 25 heavy (non-hydrogen) atoms. The summed E-state index contributed by atoms with van der Waals surface area (Å²) in [6, 6.07) is 8.25. The van der Waals surface area contributed by atoms with E-state index in [4.69, 9.17) is 4.98 Å². The number of amides is 1. The van der Waals surface area contributed by atoms with Crippen molar-refractivity contribution in [2.75, 3.05) is 7.05 Å². The van der Waals surface area contributed by atoms with Gasteiger partial charge in [-0.2, -0.15) is 0 Å². The van der Waals surface area contributed by atoms with Crippen LogP contribution < -0.4 is 0 Å². The summed E-state index contributed by atoms with van der Waals surface area (Å²) in [5, 5.41) is 2.29. The smallest absolute Gasteiger partial charge is 0.245 e. The standard InChI is InChI=1S/C20H20N4O/c1-12-20(25)23(2)11-17-18(22-19(24(12)17)14-4-5-14)15-6-3-13-7-8-21-10-16(13)9-15/h3,6-10,12,14H,4-5,11H2,1-2H3/t12-/m1/s1. The minimum atomic E-state index is -0.173. The molecule has 1 aliphatic heterocycles. The first-order valence-electron chi connectivity index (χ1n) is 8.83. The van der Waals surface area contributed by atoms with Crippen LogP contribution in [0.15, 0.2) is 36.7 Å². The lowest BCUT2D eigenvalue weighted by atomic mass is 10.0. The lowest BCUT2D eigenvalue weighted by Crippen LogP contribution is -2.39. The number of rotatable bonds is 2. The van der Waals surface area contributed by atoms with E-state index in [9.17, 15) is 4.79 Å². The van der Waals surface area contributed by atoms with Crippen LogP contribution in [0.1, 0.15) is 43.2 Å². The van der Waals surface area contributed by atoms with Crippen LogP contribution in [0, 0.1) is 0 Å². The second kappa shape index (κ2) is 5.15. The Hall–Kier alpha value is -2.69. The van der Waals surface area contributed by atoms with E-state index < -0.39 is 0 Å². The van der Waals surface area contributed by atoms with Gasteiger partial charge in [0.25, 0.3) is 0 Å². The van der Waals surface area contributed by atoms with Gasteiger partial charge in [0.15, 0.2) is 0 Å². The van der Waals surface area contributed by atoms with Crippen LogP contribution in [0.3, 0.4) is 0 Å². The fourth-order valence-electron chi connectivity index (χ4n) is 3.89. The molecule has 126 valence electrons. The quantitative estimate of drug-likeness (QED) is 0.721. The predicted molar refractivity (Wildman–Crippen MR) is 96.1 cm³/mol. The van der Waals surface area contributed by atoms with Gasteiger partial charge in [-0.05, 0) is 37.3 Å². The molecule has 0 bridgehead atoms. The molecule has 1 saturated carbocycles. The highest BCUT2D eigenvalue weighted by Gasteiger charge is 2.38. The SMILES string of the molecule is C[C@@H]1C(=O)N(C)Cc2c(-c3ccc4ccncc4c3)nc(C3CC3)n21.